The fraction of sp³-hybridized carbons (Fsp3) is 0.556. The Hall–Kier alpha value is -0.480. The summed E-state index contributed by atoms with van der Waals surface area (Å²) >= 11 is 7.38. The number of hydrogen-bond donors (Lipinski definition) is 1. The van der Waals surface area contributed by atoms with Gasteiger partial charge < -0.3 is 5.73 Å². The number of halogens is 1. The monoisotopic (exact) mass is 231 g/mol. The molecule has 1 heterocycles. The second-order valence-corrected chi connectivity index (χ2v) is 4.42. The maximum absolute atomic E-state index is 5.83. The Bertz CT molecular complexity index is 317. The zero-order valence-corrected chi connectivity index (χ0v) is 9.95. The van der Waals surface area contributed by atoms with Crippen molar-refractivity contribution in [3.05, 3.63) is 11.0 Å². The molecule has 1 aromatic rings. The van der Waals surface area contributed by atoms with E-state index in [0.29, 0.717) is 5.69 Å². The molecule has 0 amide bonds. The van der Waals surface area contributed by atoms with Crippen molar-refractivity contribution in [3.8, 4) is 0 Å². The summed E-state index contributed by atoms with van der Waals surface area (Å²) in [5.41, 5.74) is 7.23. The van der Waals surface area contributed by atoms with Crippen LogP contribution in [0.2, 0.25) is 5.28 Å². The molecule has 0 bridgehead atoms. The van der Waals surface area contributed by atoms with Gasteiger partial charge in [-0.25, -0.2) is 9.97 Å². The lowest BCUT2D eigenvalue weighted by molar-refractivity contribution is 0.893. The van der Waals surface area contributed by atoms with Crippen molar-refractivity contribution in [1.29, 1.82) is 0 Å². The van der Waals surface area contributed by atoms with Crippen LogP contribution in [-0.2, 0) is 0 Å². The van der Waals surface area contributed by atoms with E-state index in [1.807, 2.05) is 6.92 Å². The lowest BCUT2D eigenvalue weighted by Crippen LogP contribution is -1.99. The van der Waals surface area contributed by atoms with Gasteiger partial charge >= 0.3 is 0 Å². The minimum Gasteiger partial charge on any atom is -0.395 e. The van der Waals surface area contributed by atoms with Crippen LogP contribution in [-0.4, -0.2) is 15.7 Å². The molecule has 0 saturated carbocycles. The van der Waals surface area contributed by atoms with Crippen LogP contribution in [0.25, 0.3) is 0 Å². The Labute approximate surface area is 93.5 Å². The minimum atomic E-state index is 0.274. The number of nitrogen functional groups attached to an aromatic ring is 1. The number of aromatic nitrogens is 2. The maximum atomic E-state index is 5.83. The van der Waals surface area contributed by atoms with Gasteiger partial charge in [0.2, 0.25) is 5.28 Å². The van der Waals surface area contributed by atoms with E-state index in [1.54, 1.807) is 11.8 Å². The molecule has 0 spiro atoms. The number of hydrogen-bond acceptors (Lipinski definition) is 4. The predicted octanol–water partition coefficient (Wildman–Crippen LogP) is 2.91. The van der Waals surface area contributed by atoms with Crippen LogP contribution >= 0.6 is 23.4 Å². The summed E-state index contributed by atoms with van der Waals surface area (Å²) in [4.78, 5) is 8.08. The average molecular weight is 232 g/mol. The molecule has 0 fully saturated rings. The van der Waals surface area contributed by atoms with Gasteiger partial charge in [0.15, 0.2) is 0 Å². The van der Waals surface area contributed by atoms with E-state index in [-0.39, 0.29) is 5.28 Å². The van der Waals surface area contributed by atoms with Crippen LogP contribution in [0.5, 0.6) is 0 Å². The fourth-order valence-electron chi connectivity index (χ4n) is 0.946. The summed E-state index contributed by atoms with van der Waals surface area (Å²) in [6, 6.07) is 0. The van der Waals surface area contributed by atoms with Crippen molar-refractivity contribution < 1.29 is 0 Å². The Morgan fingerprint density at radius 3 is 2.79 bits per heavy atom. The summed E-state index contributed by atoms with van der Waals surface area (Å²) in [5, 5.41) is 1.08. The van der Waals surface area contributed by atoms with E-state index in [2.05, 4.69) is 16.9 Å². The highest BCUT2D eigenvalue weighted by Gasteiger charge is 2.07. The number of nitrogens with two attached hydrogens (primary N) is 1. The SMILES string of the molecule is CCCCSc1nc(Cl)nc(C)c1N. The third-order valence-corrected chi connectivity index (χ3v) is 3.06. The normalized spacial score (nSPS) is 10.5. The Kier molecular flexibility index (Phi) is 4.48. The second kappa shape index (κ2) is 5.41. The summed E-state index contributed by atoms with van der Waals surface area (Å²) in [6.45, 7) is 3.99. The zero-order chi connectivity index (χ0) is 10.6. The van der Waals surface area contributed by atoms with E-state index < -0.39 is 0 Å². The van der Waals surface area contributed by atoms with Crippen LogP contribution in [0, 0.1) is 6.92 Å². The van der Waals surface area contributed by atoms with Gasteiger partial charge in [0, 0.05) is 0 Å². The summed E-state index contributed by atoms with van der Waals surface area (Å²) in [7, 11) is 0. The lowest BCUT2D eigenvalue weighted by atomic mass is 10.4. The van der Waals surface area contributed by atoms with Crippen LogP contribution in [0.4, 0.5) is 5.69 Å². The molecular weight excluding hydrogens is 218 g/mol. The lowest BCUT2D eigenvalue weighted by Gasteiger charge is -2.06. The first-order valence-electron chi connectivity index (χ1n) is 4.57. The molecule has 0 aliphatic carbocycles. The molecule has 1 rings (SSSR count). The molecule has 0 saturated heterocycles. The van der Waals surface area contributed by atoms with E-state index in [9.17, 15) is 0 Å². The molecule has 0 unspecified atom stereocenters. The van der Waals surface area contributed by atoms with Gasteiger partial charge in [-0.15, -0.1) is 11.8 Å². The number of nitrogens with zero attached hydrogens (tertiary/aromatic N) is 2. The van der Waals surface area contributed by atoms with Gasteiger partial charge in [-0.2, -0.15) is 0 Å². The number of aryl methyl sites for hydroxylation is 1. The van der Waals surface area contributed by atoms with Gasteiger partial charge in [-0.3, -0.25) is 0 Å². The molecular formula is C9H14ClN3S. The molecule has 0 aromatic carbocycles. The summed E-state index contributed by atoms with van der Waals surface area (Å²) in [5.74, 6) is 1.02. The van der Waals surface area contributed by atoms with Crippen LogP contribution in [0.1, 0.15) is 25.5 Å². The van der Waals surface area contributed by atoms with Crippen LogP contribution in [0.15, 0.2) is 5.03 Å². The van der Waals surface area contributed by atoms with Crippen molar-refractivity contribution in [2.45, 2.75) is 31.7 Å². The highest BCUT2D eigenvalue weighted by Crippen LogP contribution is 2.26. The number of anilines is 1. The van der Waals surface area contributed by atoms with Gasteiger partial charge in [0.1, 0.15) is 5.03 Å². The van der Waals surface area contributed by atoms with E-state index in [1.165, 1.54) is 6.42 Å². The number of rotatable bonds is 4. The van der Waals surface area contributed by atoms with E-state index >= 15 is 0 Å². The van der Waals surface area contributed by atoms with Crippen molar-refractivity contribution in [1.82, 2.24) is 9.97 Å². The largest absolute Gasteiger partial charge is 0.395 e. The molecule has 78 valence electrons. The summed E-state index contributed by atoms with van der Waals surface area (Å²) < 4.78 is 0. The maximum Gasteiger partial charge on any atom is 0.223 e. The topological polar surface area (TPSA) is 51.8 Å². The van der Waals surface area contributed by atoms with Crippen molar-refractivity contribution in [2.24, 2.45) is 0 Å². The Morgan fingerprint density at radius 1 is 1.43 bits per heavy atom. The van der Waals surface area contributed by atoms with Gasteiger partial charge in [0.05, 0.1) is 11.4 Å². The quantitative estimate of drug-likeness (QED) is 0.375. The van der Waals surface area contributed by atoms with Gasteiger partial charge in [-0.05, 0) is 30.7 Å². The smallest absolute Gasteiger partial charge is 0.223 e. The molecule has 14 heavy (non-hydrogen) atoms. The highest BCUT2D eigenvalue weighted by atomic mass is 35.5. The van der Waals surface area contributed by atoms with Crippen LogP contribution in [0.3, 0.4) is 0 Å². The Balaban J connectivity index is 2.75. The van der Waals surface area contributed by atoms with E-state index in [0.717, 1.165) is 22.9 Å². The molecule has 0 radical (unpaired) electrons. The molecule has 0 aliphatic heterocycles. The molecule has 0 atom stereocenters. The first kappa shape index (κ1) is 11.6. The molecule has 5 heteroatoms. The first-order chi connectivity index (χ1) is 6.65. The minimum absolute atomic E-state index is 0.274. The molecule has 1 aromatic heterocycles. The average Bonchev–Trinajstić information content (AvgIpc) is 2.13. The third kappa shape index (κ3) is 3.03. The fourth-order valence-corrected chi connectivity index (χ4v) is 2.29. The van der Waals surface area contributed by atoms with Crippen molar-refractivity contribution in [2.75, 3.05) is 11.5 Å². The number of unbranched alkanes of at least 4 members (excludes halogenated alkanes) is 1. The Morgan fingerprint density at radius 2 is 2.14 bits per heavy atom. The van der Waals surface area contributed by atoms with Crippen LogP contribution < -0.4 is 5.73 Å². The predicted molar refractivity (Wildman–Crippen MR) is 61.8 cm³/mol. The standard InChI is InChI=1S/C9H14ClN3S/c1-3-4-5-14-8-7(11)6(2)12-9(10)13-8/h3-5,11H2,1-2H3. The zero-order valence-electron chi connectivity index (χ0n) is 8.38. The van der Waals surface area contributed by atoms with Crippen molar-refractivity contribution >= 4 is 29.1 Å². The molecule has 2 N–H and O–H groups in total. The summed E-state index contributed by atoms with van der Waals surface area (Å²) in [6.07, 6.45) is 2.33. The van der Waals surface area contributed by atoms with Crippen molar-refractivity contribution in [3.63, 3.8) is 0 Å². The highest BCUT2D eigenvalue weighted by molar-refractivity contribution is 7.99. The molecule has 3 nitrogen and oxygen atoms in total. The first-order valence-corrected chi connectivity index (χ1v) is 5.94. The van der Waals surface area contributed by atoms with Gasteiger partial charge in [0.25, 0.3) is 0 Å². The molecule has 0 aliphatic rings. The van der Waals surface area contributed by atoms with Gasteiger partial charge in [-0.1, -0.05) is 13.3 Å². The third-order valence-electron chi connectivity index (χ3n) is 1.81. The number of thioether (sulfide) groups is 1. The van der Waals surface area contributed by atoms with E-state index in [4.69, 9.17) is 17.3 Å². The second-order valence-electron chi connectivity index (χ2n) is 3.00.